The van der Waals surface area contributed by atoms with Gasteiger partial charge < -0.3 is 5.11 Å². The van der Waals surface area contributed by atoms with E-state index in [1.807, 2.05) is 18.2 Å². The third kappa shape index (κ3) is 11.4. The van der Waals surface area contributed by atoms with Crippen LogP contribution in [0.3, 0.4) is 0 Å². The standard InChI is InChI=1S/C5H5N.C4H8O2.Ag/c1-2-4-6-5-3-1;1-3(2)4(5)6;/h1-5H;3H,1-2H3,(H,5,6);. The van der Waals surface area contributed by atoms with Crippen molar-refractivity contribution in [1.82, 2.24) is 4.98 Å². The molecule has 0 atom stereocenters. The molecule has 4 heteroatoms. The number of rotatable bonds is 1. The van der Waals surface area contributed by atoms with Gasteiger partial charge in [-0.2, -0.15) is 0 Å². The van der Waals surface area contributed by atoms with Crippen LogP contribution >= 0.6 is 0 Å². The van der Waals surface area contributed by atoms with Crippen LogP contribution in [0, 0.1) is 5.92 Å². The molecule has 0 aliphatic carbocycles. The maximum Gasteiger partial charge on any atom is 0.305 e. The topological polar surface area (TPSA) is 50.2 Å². The van der Waals surface area contributed by atoms with Crippen LogP contribution in [0.2, 0.25) is 0 Å². The predicted molar refractivity (Wildman–Crippen MR) is 46.7 cm³/mol. The second-order valence-electron chi connectivity index (χ2n) is 2.52. The summed E-state index contributed by atoms with van der Waals surface area (Å²) in [4.78, 5) is 13.5. The van der Waals surface area contributed by atoms with Crippen molar-refractivity contribution in [3.63, 3.8) is 0 Å². The van der Waals surface area contributed by atoms with Gasteiger partial charge in [-0.15, -0.1) is 0 Å². The van der Waals surface area contributed by atoms with Gasteiger partial charge in [0.05, 0.1) is 5.92 Å². The summed E-state index contributed by atoms with van der Waals surface area (Å²) in [7, 11) is 0. The predicted octanol–water partition coefficient (Wildman–Crippen LogP) is 1.81. The SMILES string of the molecule is CC(C)C(=O)O.[Ag].c1ccncc1. The van der Waals surface area contributed by atoms with Gasteiger partial charge in [0.25, 0.3) is 0 Å². The number of pyridine rings is 1. The van der Waals surface area contributed by atoms with E-state index in [-0.39, 0.29) is 28.3 Å². The smallest absolute Gasteiger partial charge is 0.305 e. The Kier molecular flexibility index (Phi) is 10.8. The quantitative estimate of drug-likeness (QED) is 0.795. The van der Waals surface area contributed by atoms with E-state index in [2.05, 4.69) is 4.98 Å². The minimum absolute atomic E-state index is 0. The van der Waals surface area contributed by atoms with E-state index in [1.54, 1.807) is 26.2 Å². The molecule has 1 heterocycles. The maximum absolute atomic E-state index is 9.70. The Morgan fingerprint density at radius 3 is 1.69 bits per heavy atom. The molecule has 0 fully saturated rings. The van der Waals surface area contributed by atoms with Crippen molar-refractivity contribution in [3.8, 4) is 0 Å². The molecule has 0 bridgehead atoms. The van der Waals surface area contributed by atoms with Crippen LogP contribution < -0.4 is 0 Å². The summed E-state index contributed by atoms with van der Waals surface area (Å²) < 4.78 is 0. The second-order valence-corrected chi connectivity index (χ2v) is 2.52. The molecule has 0 amide bonds. The molecule has 3 nitrogen and oxygen atoms in total. The molecular weight excluding hydrogens is 262 g/mol. The molecule has 1 radical (unpaired) electrons. The van der Waals surface area contributed by atoms with Gasteiger partial charge >= 0.3 is 5.97 Å². The summed E-state index contributed by atoms with van der Waals surface area (Å²) in [5, 5.41) is 7.99. The van der Waals surface area contributed by atoms with Gasteiger partial charge in [-0.25, -0.2) is 0 Å². The molecule has 0 aromatic carbocycles. The van der Waals surface area contributed by atoms with E-state index in [4.69, 9.17) is 5.11 Å². The van der Waals surface area contributed by atoms with Gasteiger partial charge in [-0.05, 0) is 12.1 Å². The van der Waals surface area contributed by atoms with Crippen molar-refractivity contribution in [2.24, 2.45) is 5.92 Å². The number of hydrogen-bond acceptors (Lipinski definition) is 2. The molecule has 0 unspecified atom stereocenters. The van der Waals surface area contributed by atoms with Crippen LogP contribution in [0.4, 0.5) is 0 Å². The van der Waals surface area contributed by atoms with Crippen molar-refractivity contribution < 1.29 is 32.3 Å². The normalized spacial score (nSPS) is 7.92. The molecule has 0 spiro atoms. The van der Waals surface area contributed by atoms with Crippen LogP contribution in [0.5, 0.6) is 0 Å². The van der Waals surface area contributed by atoms with E-state index in [1.165, 1.54) is 0 Å². The van der Waals surface area contributed by atoms with E-state index >= 15 is 0 Å². The van der Waals surface area contributed by atoms with E-state index in [0.29, 0.717) is 0 Å². The minimum atomic E-state index is -0.741. The molecule has 1 aromatic rings. The number of carboxylic acid groups (broad SMARTS) is 1. The van der Waals surface area contributed by atoms with Crippen molar-refractivity contribution >= 4 is 5.97 Å². The molecular formula is C9H13AgNO2. The number of carboxylic acids is 1. The van der Waals surface area contributed by atoms with E-state index in [0.717, 1.165) is 0 Å². The zero-order valence-corrected chi connectivity index (χ0v) is 9.05. The van der Waals surface area contributed by atoms with Gasteiger partial charge in [0.1, 0.15) is 0 Å². The fraction of sp³-hybridized carbons (Fsp3) is 0.333. The third-order valence-corrected chi connectivity index (χ3v) is 1.06. The van der Waals surface area contributed by atoms with Crippen molar-refractivity contribution in [2.45, 2.75) is 13.8 Å². The molecule has 77 valence electrons. The van der Waals surface area contributed by atoms with Crippen molar-refractivity contribution in [3.05, 3.63) is 30.6 Å². The number of nitrogens with zero attached hydrogens (tertiary/aromatic N) is 1. The molecule has 0 aliphatic heterocycles. The summed E-state index contributed by atoms with van der Waals surface area (Å²) in [6.07, 6.45) is 3.50. The first-order chi connectivity index (χ1) is 5.64. The van der Waals surface area contributed by atoms with Crippen molar-refractivity contribution in [2.75, 3.05) is 0 Å². The first-order valence-corrected chi connectivity index (χ1v) is 3.72. The Balaban J connectivity index is 0. The van der Waals surface area contributed by atoms with Gasteiger partial charge in [0.2, 0.25) is 0 Å². The monoisotopic (exact) mass is 274 g/mol. The van der Waals surface area contributed by atoms with Gasteiger partial charge in [-0.3, -0.25) is 9.78 Å². The number of hydrogen-bond donors (Lipinski definition) is 1. The van der Waals surface area contributed by atoms with Crippen LogP contribution in [-0.4, -0.2) is 16.1 Å². The van der Waals surface area contributed by atoms with E-state index < -0.39 is 5.97 Å². The Labute approximate surface area is 93.7 Å². The average molecular weight is 275 g/mol. The fourth-order valence-electron chi connectivity index (χ4n) is 0.313. The van der Waals surface area contributed by atoms with E-state index in [9.17, 15) is 4.79 Å². The van der Waals surface area contributed by atoms with Crippen LogP contribution in [0.25, 0.3) is 0 Å². The van der Waals surface area contributed by atoms with Crippen molar-refractivity contribution in [1.29, 1.82) is 0 Å². The molecule has 13 heavy (non-hydrogen) atoms. The zero-order valence-electron chi connectivity index (χ0n) is 7.57. The van der Waals surface area contributed by atoms with Crippen LogP contribution in [0.15, 0.2) is 30.6 Å². The van der Waals surface area contributed by atoms with Gasteiger partial charge in [0.15, 0.2) is 0 Å². The Hall–Kier alpha value is -0.640. The Morgan fingerprint density at radius 2 is 1.62 bits per heavy atom. The summed E-state index contributed by atoms with van der Waals surface area (Å²) in [5.41, 5.74) is 0. The summed E-state index contributed by atoms with van der Waals surface area (Å²) in [6, 6.07) is 5.72. The summed E-state index contributed by atoms with van der Waals surface area (Å²) >= 11 is 0. The number of aliphatic carboxylic acids is 1. The van der Waals surface area contributed by atoms with Gasteiger partial charge in [-0.1, -0.05) is 19.9 Å². The molecule has 0 saturated heterocycles. The Bertz CT molecular complexity index is 187. The largest absolute Gasteiger partial charge is 0.481 e. The maximum atomic E-state index is 9.70. The molecule has 1 rings (SSSR count). The Morgan fingerprint density at radius 1 is 1.23 bits per heavy atom. The van der Waals surface area contributed by atoms with Crippen LogP contribution in [-0.2, 0) is 27.2 Å². The second kappa shape index (κ2) is 9.45. The van der Waals surface area contributed by atoms with Crippen LogP contribution in [0.1, 0.15) is 13.8 Å². The zero-order chi connectivity index (χ0) is 9.40. The molecule has 1 N–H and O–H groups in total. The number of carbonyl (C=O) groups is 1. The molecule has 0 saturated carbocycles. The molecule has 0 aliphatic rings. The third-order valence-electron chi connectivity index (χ3n) is 1.06. The first-order valence-electron chi connectivity index (χ1n) is 3.72. The summed E-state index contributed by atoms with van der Waals surface area (Å²) in [6.45, 7) is 3.28. The average Bonchev–Trinajstić information content (AvgIpc) is 2.08. The minimum Gasteiger partial charge on any atom is -0.481 e. The summed E-state index contributed by atoms with van der Waals surface area (Å²) in [5.74, 6) is -0.972. The number of aromatic nitrogens is 1. The molecule has 1 aromatic heterocycles. The fourth-order valence-corrected chi connectivity index (χ4v) is 0.313. The first kappa shape index (κ1) is 14.9. The van der Waals surface area contributed by atoms with Gasteiger partial charge in [0, 0.05) is 34.8 Å².